The van der Waals surface area contributed by atoms with Crippen molar-refractivity contribution < 1.29 is 25.1 Å². The van der Waals surface area contributed by atoms with Crippen molar-refractivity contribution in [3.05, 3.63) is 22.2 Å². The number of halogens is 1. The molecule has 6 heteroatoms. The van der Waals surface area contributed by atoms with E-state index in [1.807, 2.05) is 0 Å². The Kier molecular flexibility index (Phi) is 4.14. The van der Waals surface area contributed by atoms with Crippen molar-refractivity contribution in [3.63, 3.8) is 0 Å². The third-order valence-electron chi connectivity index (χ3n) is 2.16. The van der Waals surface area contributed by atoms with Gasteiger partial charge < -0.3 is 25.1 Å². The summed E-state index contributed by atoms with van der Waals surface area (Å²) in [7, 11) is 2.97. The van der Waals surface area contributed by atoms with Gasteiger partial charge in [-0.3, -0.25) is 0 Å². The van der Waals surface area contributed by atoms with Gasteiger partial charge in [0.2, 0.25) is 0 Å². The smallest absolute Gasteiger partial charge is 0.154 e. The SMILES string of the molecule is COc1cc(OC)c([C@@H]([NH3+])C(=O)[O-])cc1Br. The third-order valence-corrected chi connectivity index (χ3v) is 2.78. The molecule has 0 bridgehead atoms. The molecule has 0 aromatic heterocycles. The number of carbonyl (C=O) groups is 1. The molecule has 0 fully saturated rings. The maximum atomic E-state index is 10.8. The molecule has 1 rings (SSSR count). The molecule has 1 atom stereocenters. The lowest BCUT2D eigenvalue weighted by atomic mass is 10.1. The number of aliphatic carboxylic acids is 1. The van der Waals surface area contributed by atoms with Crippen molar-refractivity contribution in [1.82, 2.24) is 0 Å². The second-order valence-electron chi connectivity index (χ2n) is 3.10. The number of carboxylic acids is 1. The molecule has 1 aromatic rings. The van der Waals surface area contributed by atoms with Gasteiger partial charge in [0, 0.05) is 6.07 Å². The fourth-order valence-electron chi connectivity index (χ4n) is 1.28. The molecule has 0 aliphatic rings. The molecule has 0 amide bonds. The van der Waals surface area contributed by atoms with Gasteiger partial charge in [0.25, 0.3) is 0 Å². The second-order valence-corrected chi connectivity index (χ2v) is 3.95. The van der Waals surface area contributed by atoms with Crippen LogP contribution in [0.25, 0.3) is 0 Å². The molecule has 0 saturated carbocycles. The summed E-state index contributed by atoms with van der Waals surface area (Å²) in [5, 5.41) is 10.8. The zero-order valence-corrected chi connectivity index (χ0v) is 10.5. The highest BCUT2D eigenvalue weighted by Gasteiger charge is 2.19. The summed E-state index contributed by atoms with van der Waals surface area (Å²) in [6.07, 6.45) is 0. The van der Waals surface area contributed by atoms with Crippen molar-refractivity contribution in [1.29, 1.82) is 0 Å². The van der Waals surface area contributed by atoms with Crippen LogP contribution in [0.1, 0.15) is 11.6 Å². The first-order valence-electron chi connectivity index (χ1n) is 4.46. The number of ether oxygens (including phenoxy) is 2. The molecule has 0 aliphatic carbocycles. The van der Waals surface area contributed by atoms with Gasteiger partial charge >= 0.3 is 0 Å². The monoisotopic (exact) mass is 289 g/mol. The van der Waals surface area contributed by atoms with Gasteiger partial charge in [0.1, 0.15) is 17.5 Å². The van der Waals surface area contributed by atoms with Crippen LogP contribution in [0, 0.1) is 0 Å². The van der Waals surface area contributed by atoms with E-state index < -0.39 is 12.0 Å². The Hall–Kier alpha value is -1.27. The molecular formula is C10H12BrNO4. The molecule has 0 aliphatic heterocycles. The van der Waals surface area contributed by atoms with E-state index in [2.05, 4.69) is 21.7 Å². The van der Waals surface area contributed by atoms with Gasteiger partial charge in [0.05, 0.1) is 24.3 Å². The minimum atomic E-state index is -1.25. The minimum absolute atomic E-state index is 0.407. The summed E-state index contributed by atoms with van der Waals surface area (Å²) in [5.41, 5.74) is 3.95. The number of hydrogen-bond donors (Lipinski definition) is 1. The summed E-state index contributed by atoms with van der Waals surface area (Å²) in [5.74, 6) is -0.286. The first kappa shape index (κ1) is 12.8. The van der Waals surface area contributed by atoms with Crippen LogP contribution < -0.4 is 20.3 Å². The Labute approximate surface area is 101 Å². The third kappa shape index (κ3) is 2.45. The predicted molar refractivity (Wildman–Crippen MR) is 57.9 cm³/mol. The minimum Gasteiger partial charge on any atom is -0.544 e. The maximum absolute atomic E-state index is 10.8. The molecule has 0 saturated heterocycles. The molecule has 3 N–H and O–H groups in total. The topological polar surface area (TPSA) is 86.2 Å². The molecule has 0 spiro atoms. The van der Waals surface area contributed by atoms with E-state index in [-0.39, 0.29) is 0 Å². The van der Waals surface area contributed by atoms with Gasteiger partial charge in [-0.15, -0.1) is 0 Å². The highest BCUT2D eigenvalue weighted by atomic mass is 79.9. The summed E-state index contributed by atoms with van der Waals surface area (Å²) in [6, 6.07) is 2.21. The molecular weight excluding hydrogens is 278 g/mol. The lowest BCUT2D eigenvalue weighted by Crippen LogP contribution is -2.61. The zero-order valence-electron chi connectivity index (χ0n) is 8.95. The Balaban J connectivity index is 3.28. The number of quaternary nitrogens is 1. The number of carbonyl (C=O) groups excluding carboxylic acids is 1. The normalized spacial score (nSPS) is 12.0. The number of hydrogen-bond acceptors (Lipinski definition) is 4. The van der Waals surface area contributed by atoms with E-state index in [9.17, 15) is 9.90 Å². The lowest BCUT2D eigenvalue weighted by molar-refractivity contribution is -0.443. The summed E-state index contributed by atoms with van der Waals surface area (Å²) in [4.78, 5) is 10.8. The van der Waals surface area contributed by atoms with Crippen LogP contribution in [0.4, 0.5) is 0 Å². The Bertz CT molecular complexity index is 408. The number of rotatable bonds is 4. The van der Waals surface area contributed by atoms with Crippen LogP contribution in [-0.4, -0.2) is 20.2 Å². The summed E-state index contributed by atoms with van der Waals surface area (Å²) < 4.78 is 10.8. The van der Waals surface area contributed by atoms with E-state index in [4.69, 9.17) is 9.47 Å². The van der Waals surface area contributed by atoms with Crippen molar-refractivity contribution in [2.45, 2.75) is 6.04 Å². The fraction of sp³-hybridized carbons (Fsp3) is 0.300. The first-order chi connectivity index (χ1) is 7.51. The van der Waals surface area contributed by atoms with Gasteiger partial charge in [-0.2, -0.15) is 0 Å². The Morgan fingerprint density at radius 2 is 1.94 bits per heavy atom. The lowest BCUT2D eigenvalue weighted by Gasteiger charge is -2.15. The quantitative estimate of drug-likeness (QED) is 0.810. The molecule has 0 heterocycles. The van der Waals surface area contributed by atoms with Crippen molar-refractivity contribution in [2.24, 2.45) is 0 Å². The van der Waals surface area contributed by atoms with Crippen molar-refractivity contribution in [3.8, 4) is 11.5 Å². The van der Waals surface area contributed by atoms with Crippen molar-refractivity contribution >= 4 is 21.9 Å². The number of benzene rings is 1. The first-order valence-corrected chi connectivity index (χ1v) is 5.26. The maximum Gasteiger partial charge on any atom is 0.154 e. The summed E-state index contributed by atoms with van der Waals surface area (Å²) >= 11 is 3.27. The highest BCUT2D eigenvalue weighted by molar-refractivity contribution is 9.10. The number of methoxy groups -OCH3 is 2. The molecule has 16 heavy (non-hydrogen) atoms. The van der Waals surface area contributed by atoms with Gasteiger partial charge in [-0.05, 0) is 22.0 Å². The van der Waals surface area contributed by atoms with Gasteiger partial charge in [-0.25, -0.2) is 0 Å². The van der Waals surface area contributed by atoms with E-state index in [1.165, 1.54) is 14.2 Å². The largest absolute Gasteiger partial charge is 0.544 e. The van der Waals surface area contributed by atoms with Crippen LogP contribution in [0.2, 0.25) is 0 Å². The predicted octanol–water partition coefficient (Wildman–Crippen LogP) is -0.501. The molecule has 0 unspecified atom stereocenters. The molecule has 0 radical (unpaired) electrons. The van der Waals surface area contributed by atoms with Crippen LogP contribution in [0.15, 0.2) is 16.6 Å². The highest BCUT2D eigenvalue weighted by Crippen LogP contribution is 2.34. The average molecular weight is 290 g/mol. The zero-order chi connectivity index (χ0) is 12.3. The van der Waals surface area contributed by atoms with E-state index in [1.54, 1.807) is 12.1 Å². The molecule has 88 valence electrons. The number of carboxylic acid groups (broad SMARTS) is 1. The van der Waals surface area contributed by atoms with Crippen LogP contribution in [0.3, 0.4) is 0 Å². The van der Waals surface area contributed by atoms with Crippen LogP contribution in [0.5, 0.6) is 11.5 Å². The Morgan fingerprint density at radius 3 is 2.38 bits per heavy atom. The molecule has 5 nitrogen and oxygen atoms in total. The van der Waals surface area contributed by atoms with Crippen molar-refractivity contribution in [2.75, 3.05) is 14.2 Å². The summed E-state index contributed by atoms with van der Waals surface area (Å²) in [6.45, 7) is 0. The second kappa shape index (κ2) is 5.18. The van der Waals surface area contributed by atoms with E-state index >= 15 is 0 Å². The van der Waals surface area contributed by atoms with Gasteiger partial charge in [-0.1, -0.05) is 0 Å². The standard InChI is InChI=1S/C10H12BrNO4/c1-15-7-4-8(16-2)6(11)3-5(7)9(12)10(13)14/h3-4,9H,12H2,1-2H3,(H,13,14)/t9-/m1/s1. The van der Waals surface area contributed by atoms with E-state index in [0.717, 1.165) is 0 Å². The molecule has 1 aromatic carbocycles. The van der Waals surface area contributed by atoms with E-state index in [0.29, 0.717) is 21.5 Å². The van der Waals surface area contributed by atoms with Crippen LogP contribution >= 0.6 is 15.9 Å². The fourth-order valence-corrected chi connectivity index (χ4v) is 1.81. The van der Waals surface area contributed by atoms with Crippen LogP contribution in [-0.2, 0) is 4.79 Å². The van der Waals surface area contributed by atoms with Gasteiger partial charge in [0.15, 0.2) is 6.04 Å². The Morgan fingerprint density at radius 1 is 1.38 bits per heavy atom. The average Bonchev–Trinajstić information content (AvgIpc) is 2.27.